The second-order valence-corrected chi connectivity index (χ2v) is 6.34. The fraction of sp³-hybridized carbons (Fsp3) is 0.333. The molecule has 0 amide bonds. The van der Waals surface area contributed by atoms with Gasteiger partial charge in [0.1, 0.15) is 0 Å². The van der Waals surface area contributed by atoms with Crippen LogP contribution in [0.5, 0.6) is 0 Å². The van der Waals surface area contributed by atoms with Crippen LogP contribution < -0.4 is 0 Å². The molecule has 0 spiro atoms. The van der Waals surface area contributed by atoms with Gasteiger partial charge in [0.15, 0.2) is 5.76 Å². The molecule has 6 heteroatoms. The van der Waals surface area contributed by atoms with Crippen LogP contribution in [0, 0.1) is 6.92 Å². The fourth-order valence-electron chi connectivity index (χ4n) is 1.72. The minimum atomic E-state index is -3.70. The Bertz CT molecular complexity index is 548. The molecule has 1 aromatic rings. The third-order valence-corrected chi connectivity index (χ3v) is 4.46. The van der Waals surface area contributed by atoms with E-state index in [1.165, 1.54) is 0 Å². The summed E-state index contributed by atoms with van der Waals surface area (Å²) in [5.41, 5.74) is 0.988. The average Bonchev–Trinajstić information content (AvgIpc) is 2.42. The normalized spacial score (nSPS) is 14.3. The number of halogens is 3. The highest BCUT2D eigenvalue weighted by Crippen LogP contribution is 2.35. The third kappa shape index (κ3) is 4.93. The largest absolute Gasteiger partial charge is 0.493 e. The van der Waals surface area contributed by atoms with Gasteiger partial charge >= 0.3 is 5.38 Å². The van der Waals surface area contributed by atoms with Crippen molar-refractivity contribution in [3.8, 4) is 0 Å². The van der Waals surface area contributed by atoms with Crippen molar-refractivity contribution >= 4 is 22.4 Å². The molecule has 0 saturated carbocycles. The summed E-state index contributed by atoms with van der Waals surface area (Å²) < 4.78 is 44.1. The minimum Gasteiger partial charge on any atom is -0.493 e. The van der Waals surface area contributed by atoms with Crippen molar-refractivity contribution in [3.05, 3.63) is 53.1 Å². The fourth-order valence-corrected chi connectivity index (χ4v) is 3.31. The topological polar surface area (TPSA) is 26.3 Å². The second kappa shape index (κ2) is 7.71. The van der Waals surface area contributed by atoms with Crippen LogP contribution in [0.3, 0.4) is 0 Å². The molecule has 0 aliphatic carbocycles. The zero-order valence-electron chi connectivity index (χ0n) is 11.9. The molecule has 0 aromatic heterocycles. The highest BCUT2D eigenvalue weighted by atomic mass is 35.5. The molecule has 0 unspecified atom stereocenters. The number of alkyl halides is 3. The van der Waals surface area contributed by atoms with Crippen molar-refractivity contribution in [2.45, 2.75) is 30.0 Å². The summed E-state index contributed by atoms with van der Waals surface area (Å²) in [6.07, 6.45) is 2.09. The molecule has 0 N–H and O–H groups in total. The summed E-state index contributed by atoms with van der Waals surface area (Å²) in [6, 6.07) is 6.81. The maximum absolute atomic E-state index is 13.4. The van der Waals surface area contributed by atoms with E-state index >= 15 is 0 Å². The lowest BCUT2D eigenvalue weighted by Gasteiger charge is -2.17. The Morgan fingerprint density at radius 2 is 2.00 bits per heavy atom. The van der Waals surface area contributed by atoms with E-state index in [1.54, 1.807) is 30.3 Å². The number of methoxy groups -OCH3 is 1. The first kappa shape index (κ1) is 17.9. The van der Waals surface area contributed by atoms with Crippen molar-refractivity contribution in [3.63, 3.8) is 0 Å². The SMILES string of the molecule is C=CCC/C(=C(/OC)C(F)(F)Cl)[S@](=O)c1ccc(C)cc1. The standard InChI is InChI=1S/C15H17ClF2O2S/c1-4-5-6-13(14(20-3)15(16,17)18)21(19)12-9-7-11(2)8-10-12/h4,7-10H,1,5-6H2,2-3H3/b14-13-/t21-/m1/s1. The van der Waals surface area contributed by atoms with Crippen molar-refractivity contribution in [2.75, 3.05) is 7.11 Å². The number of benzene rings is 1. The van der Waals surface area contributed by atoms with Crippen LogP contribution in [0.2, 0.25) is 0 Å². The van der Waals surface area contributed by atoms with E-state index in [2.05, 4.69) is 6.58 Å². The predicted octanol–water partition coefficient (Wildman–Crippen LogP) is 4.76. The van der Waals surface area contributed by atoms with Crippen LogP contribution in [0.4, 0.5) is 8.78 Å². The molecule has 0 saturated heterocycles. The monoisotopic (exact) mass is 334 g/mol. The van der Waals surface area contributed by atoms with Gasteiger partial charge in [-0.25, -0.2) is 4.21 Å². The molecule has 2 nitrogen and oxygen atoms in total. The van der Waals surface area contributed by atoms with Crippen LogP contribution in [0.25, 0.3) is 0 Å². The van der Waals surface area contributed by atoms with E-state index in [4.69, 9.17) is 16.3 Å². The van der Waals surface area contributed by atoms with Crippen molar-refractivity contribution in [1.29, 1.82) is 0 Å². The van der Waals surface area contributed by atoms with Gasteiger partial charge in [0.2, 0.25) is 0 Å². The maximum Gasteiger partial charge on any atom is 0.380 e. The van der Waals surface area contributed by atoms with Gasteiger partial charge in [-0.3, -0.25) is 0 Å². The highest BCUT2D eigenvalue weighted by Gasteiger charge is 2.37. The quantitative estimate of drug-likeness (QED) is 0.408. The molecule has 0 aliphatic heterocycles. The Hall–Kier alpha value is -1.20. The van der Waals surface area contributed by atoms with Crippen LogP contribution in [-0.2, 0) is 15.5 Å². The van der Waals surface area contributed by atoms with Gasteiger partial charge < -0.3 is 4.74 Å². The van der Waals surface area contributed by atoms with E-state index in [-0.39, 0.29) is 11.3 Å². The van der Waals surface area contributed by atoms with Crippen LogP contribution in [-0.4, -0.2) is 16.7 Å². The summed E-state index contributed by atoms with van der Waals surface area (Å²) in [5, 5.41) is -3.70. The molecule has 0 heterocycles. The number of hydrogen-bond acceptors (Lipinski definition) is 2. The Morgan fingerprint density at radius 3 is 2.43 bits per heavy atom. The van der Waals surface area contributed by atoms with E-state index in [1.807, 2.05) is 6.92 Å². The Balaban J connectivity index is 3.30. The van der Waals surface area contributed by atoms with Crippen LogP contribution >= 0.6 is 11.6 Å². The van der Waals surface area contributed by atoms with Crippen LogP contribution in [0.15, 0.2) is 52.5 Å². The minimum absolute atomic E-state index is 0.0266. The van der Waals surface area contributed by atoms with Crippen molar-refractivity contribution in [2.24, 2.45) is 0 Å². The van der Waals surface area contributed by atoms with Gasteiger partial charge in [-0.1, -0.05) is 23.8 Å². The zero-order valence-corrected chi connectivity index (χ0v) is 13.4. The van der Waals surface area contributed by atoms with E-state index < -0.39 is 21.9 Å². The molecule has 0 fully saturated rings. The zero-order chi connectivity index (χ0) is 16.0. The molecule has 1 atom stereocenters. The first-order chi connectivity index (χ1) is 9.81. The average molecular weight is 335 g/mol. The summed E-state index contributed by atoms with van der Waals surface area (Å²) in [4.78, 5) is 0.399. The lowest BCUT2D eigenvalue weighted by Crippen LogP contribution is -2.17. The molecule has 1 aromatic carbocycles. The van der Waals surface area contributed by atoms with Crippen LogP contribution in [0.1, 0.15) is 18.4 Å². The summed E-state index contributed by atoms with van der Waals surface area (Å²) >= 11 is 5.05. The predicted molar refractivity (Wildman–Crippen MR) is 81.9 cm³/mol. The van der Waals surface area contributed by atoms with Gasteiger partial charge in [-0.05, 0) is 43.5 Å². The molecular weight excluding hydrogens is 318 g/mol. The lowest BCUT2D eigenvalue weighted by molar-refractivity contribution is 0.0650. The smallest absolute Gasteiger partial charge is 0.380 e. The number of allylic oxidation sites excluding steroid dienone is 3. The van der Waals surface area contributed by atoms with Gasteiger partial charge in [-0.2, -0.15) is 8.78 Å². The molecule has 0 aliphatic rings. The van der Waals surface area contributed by atoms with E-state index in [0.717, 1.165) is 12.7 Å². The highest BCUT2D eigenvalue weighted by molar-refractivity contribution is 7.89. The van der Waals surface area contributed by atoms with Gasteiger partial charge in [0.25, 0.3) is 0 Å². The third-order valence-electron chi connectivity index (χ3n) is 2.75. The molecular formula is C15H17ClF2O2S. The second-order valence-electron chi connectivity index (χ2n) is 4.36. The number of ether oxygens (including phenoxy) is 1. The molecule has 21 heavy (non-hydrogen) atoms. The van der Waals surface area contributed by atoms with Gasteiger partial charge in [0, 0.05) is 4.90 Å². The summed E-state index contributed by atoms with van der Waals surface area (Å²) in [5.74, 6) is -0.759. The number of hydrogen-bond donors (Lipinski definition) is 0. The molecule has 0 bridgehead atoms. The Kier molecular flexibility index (Phi) is 6.55. The van der Waals surface area contributed by atoms with Gasteiger partial charge in [0.05, 0.1) is 22.8 Å². The van der Waals surface area contributed by atoms with Crippen molar-refractivity contribution < 1.29 is 17.7 Å². The first-order valence-corrected chi connectivity index (χ1v) is 7.77. The Morgan fingerprint density at radius 1 is 1.43 bits per heavy atom. The number of rotatable bonds is 7. The van der Waals surface area contributed by atoms with Gasteiger partial charge in [-0.15, -0.1) is 6.58 Å². The Labute approximate surface area is 130 Å². The van der Waals surface area contributed by atoms with E-state index in [0.29, 0.717) is 11.3 Å². The maximum atomic E-state index is 13.4. The first-order valence-electron chi connectivity index (χ1n) is 6.25. The number of aryl methyl sites for hydroxylation is 1. The molecule has 1 rings (SSSR count). The van der Waals surface area contributed by atoms with E-state index in [9.17, 15) is 13.0 Å². The van der Waals surface area contributed by atoms with Crippen molar-refractivity contribution in [1.82, 2.24) is 0 Å². The lowest BCUT2D eigenvalue weighted by atomic mass is 10.2. The summed E-state index contributed by atoms with van der Waals surface area (Å²) in [7, 11) is -0.676. The summed E-state index contributed by atoms with van der Waals surface area (Å²) in [6.45, 7) is 5.42. The molecule has 0 radical (unpaired) electrons. The molecule has 116 valence electrons.